The lowest BCUT2D eigenvalue weighted by molar-refractivity contribution is 0.0950. The van der Waals surface area contributed by atoms with E-state index in [1.165, 1.54) is 22.7 Å². The summed E-state index contributed by atoms with van der Waals surface area (Å²) in [7, 11) is 0. The van der Waals surface area contributed by atoms with Crippen molar-refractivity contribution in [1.29, 1.82) is 0 Å². The second kappa shape index (κ2) is 7.00. The van der Waals surface area contributed by atoms with E-state index in [2.05, 4.69) is 15.3 Å². The van der Waals surface area contributed by atoms with Crippen molar-refractivity contribution in [3.05, 3.63) is 70.7 Å². The van der Waals surface area contributed by atoms with Crippen LogP contribution in [0, 0.1) is 0 Å². The van der Waals surface area contributed by atoms with E-state index in [1.807, 2.05) is 53.9 Å². The van der Waals surface area contributed by atoms with Gasteiger partial charge in [-0.3, -0.25) is 4.79 Å². The highest BCUT2D eigenvalue weighted by Gasteiger charge is 2.11. The molecule has 25 heavy (non-hydrogen) atoms. The molecular formula is C18H13N3O2S2. The van der Waals surface area contributed by atoms with E-state index in [9.17, 15) is 4.79 Å². The van der Waals surface area contributed by atoms with Gasteiger partial charge < -0.3 is 10.1 Å². The van der Waals surface area contributed by atoms with Crippen LogP contribution in [0.15, 0.2) is 60.1 Å². The van der Waals surface area contributed by atoms with Crippen LogP contribution in [-0.2, 0) is 6.54 Å². The maximum absolute atomic E-state index is 12.3. The highest BCUT2D eigenvalue weighted by Crippen LogP contribution is 2.24. The number of hydrogen-bond donors (Lipinski definition) is 1. The van der Waals surface area contributed by atoms with Gasteiger partial charge in [0, 0.05) is 18.1 Å². The molecule has 0 spiro atoms. The van der Waals surface area contributed by atoms with Crippen LogP contribution in [0.1, 0.15) is 15.4 Å². The average molecular weight is 367 g/mol. The summed E-state index contributed by atoms with van der Waals surface area (Å²) in [5, 5.41) is 5.85. The summed E-state index contributed by atoms with van der Waals surface area (Å²) in [6.07, 6.45) is 1.70. The fourth-order valence-electron chi connectivity index (χ4n) is 2.26. The minimum absolute atomic E-state index is 0.163. The SMILES string of the molecule is O=C(NCc1ccc(Oc2nccs2)cc1)c1nc2ccccc2s1. The molecule has 0 saturated carbocycles. The lowest BCUT2D eigenvalue weighted by Crippen LogP contribution is -2.22. The Bertz CT molecular complexity index is 962. The quantitative estimate of drug-likeness (QED) is 0.565. The second-order valence-electron chi connectivity index (χ2n) is 5.21. The summed E-state index contributed by atoms with van der Waals surface area (Å²) < 4.78 is 6.62. The fourth-order valence-corrected chi connectivity index (χ4v) is 3.65. The third-order valence-electron chi connectivity index (χ3n) is 3.48. The van der Waals surface area contributed by atoms with E-state index >= 15 is 0 Å². The van der Waals surface area contributed by atoms with Crippen LogP contribution in [-0.4, -0.2) is 15.9 Å². The standard InChI is InChI=1S/C18H13N3O2S2/c22-16(17-21-14-3-1-2-4-15(14)25-17)20-11-12-5-7-13(8-6-12)23-18-19-9-10-24-18/h1-10H,11H2,(H,20,22). The zero-order valence-corrected chi connectivity index (χ0v) is 14.6. The topological polar surface area (TPSA) is 64.1 Å². The molecule has 0 aliphatic carbocycles. The molecule has 0 atom stereocenters. The molecule has 1 amide bonds. The van der Waals surface area contributed by atoms with Crippen molar-refractivity contribution in [1.82, 2.24) is 15.3 Å². The fraction of sp³-hybridized carbons (Fsp3) is 0.0556. The van der Waals surface area contributed by atoms with E-state index in [1.54, 1.807) is 6.20 Å². The van der Waals surface area contributed by atoms with Gasteiger partial charge in [0.1, 0.15) is 5.75 Å². The second-order valence-corrected chi connectivity index (χ2v) is 7.10. The Morgan fingerprint density at radius 1 is 1.12 bits per heavy atom. The zero-order valence-electron chi connectivity index (χ0n) is 13.0. The Labute approximate surface area is 152 Å². The van der Waals surface area contributed by atoms with Crippen LogP contribution < -0.4 is 10.1 Å². The van der Waals surface area contributed by atoms with E-state index in [-0.39, 0.29) is 5.91 Å². The minimum atomic E-state index is -0.163. The third kappa shape index (κ3) is 3.67. The number of ether oxygens (including phenoxy) is 1. The molecule has 4 rings (SSSR count). The number of rotatable bonds is 5. The van der Waals surface area contributed by atoms with Gasteiger partial charge in [0.2, 0.25) is 0 Å². The smallest absolute Gasteiger partial charge is 0.280 e. The summed E-state index contributed by atoms with van der Waals surface area (Å²) >= 11 is 2.84. The van der Waals surface area contributed by atoms with Crippen molar-refractivity contribution in [2.24, 2.45) is 0 Å². The van der Waals surface area contributed by atoms with Gasteiger partial charge in [0.05, 0.1) is 10.2 Å². The number of hydrogen-bond acceptors (Lipinski definition) is 6. The van der Waals surface area contributed by atoms with Crippen LogP contribution in [0.2, 0.25) is 0 Å². The summed E-state index contributed by atoms with van der Waals surface area (Å²) in [6.45, 7) is 0.437. The molecule has 5 nitrogen and oxygen atoms in total. The number of para-hydroxylation sites is 1. The van der Waals surface area contributed by atoms with Gasteiger partial charge in [0.15, 0.2) is 5.01 Å². The highest BCUT2D eigenvalue weighted by atomic mass is 32.1. The predicted molar refractivity (Wildman–Crippen MR) is 99.4 cm³/mol. The van der Waals surface area contributed by atoms with Crippen molar-refractivity contribution < 1.29 is 9.53 Å². The van der Waals surface area contributed by atoms with Gasteiger partial charge in [0.25, 0.3) is 11.1 Å². The Morgan fingerprint density at radius 2 is 1.96 bits per heavy atom. The summed E-state index contributed by atoms with van der Waals surface area (Å²) in [5.41, 5.74) is 1.84. The maximum Gasteiger partial charge on any atom is 0.280 e. The number of nitrogens with zero attached hydrogens (tertiary/aromatic N) is 2. The number of benzene rings is 2. The van der Waals surface area contributed by atoms with Crippen molar-refractivity contribution in [2.75, 3.05) is 0 Å². The van der Waals surface area contributed by atoms with Crippen LogP contribution in [0.25, 0.3) is 10.2 Å². The number of thiazole rings is 2. The number of fused-ring (bicyclic) bond motifs is 1. The summed E-state index contributed by atoms with van der Waals surface area (Å²) in [5.74, 6) is 0.556. The first-order valence-corrected chi connectivity index (χ1v) is 9.27. The molecule has 2 heterocycles. The number of aromatic nitrogens is 2. The number of nitrogens with one attached hydrogen (secondary N) is 1. The summed E-state index contributed by atoms with van der Waals surface area (Å²) in [6, 6.07) is 15.3. The molecule has 2 aromatic heterocycles. The van der Waals surface area contributed by atoms with Crippen LogP contribution in [0.5, 0.6) is 10.9 Å². The molecule has 0 radical (unpaired) electrons. The van der Waals surface area contributed by atoms with Gasteiger partial charge in [-0.1, -0.05) is 35.6 Å². The molecule has 0 fully saturated rings. The molecule has 0 aliphatic rings. The van der Waals surface area contributed by atoms with E-state index in [4.69, 9.17) is 4.74 Å². The molecule has 4 aromatic rings. The number of carbonyl (C=O) groups excluding carboxylic acids is 1. The first-order chi connectivity index (χ1) is 12.3. The molecule has 0 bridgehead atoms. The van der Waals surface area contributed by atoms with Crippen molar-refractivity contribution in [3.8, 4) is 10.9 Å². The van der Waals surface area contributed by atoms with Gasteiger partial charge in [-0.25, -0.2) is 9.97 Å². The van der Waals surface area contributed by atoms with Crippen molar-refractivity contribution in [3.63, 3.8) is 0 Å². The highest BCUT2D eigenvalue weighted by molar-refractivity contribution is 7.20. The Morgan fingerprint density at radius 3 is 2.72 bits per heavy atom. The van der Waals surface area contributed by atoms with E-state index in [0.29, 0.717) is 16.7 Å². The van der Waals surface area contributed by atoms with Gasteiger partial charge in [-0.2, -0.15) is 0 Å². The van der Waals surface area contributed by atoms with Gasteiger partial charge >= 0.3 is 0 Å². The first-order valence-electron chi connectivity index (χ1n) is 7.58. The van der Waals surface area contributed by atoms with Crippen molar-refractivity contribution in [2.45, 2.75) is 6.54 Å². The Balaban J connectivity index is 1.38. The zero-order chi connectivity index (χ0) is 17.1. The molecular weight excluding hydrogens is 354 g/mol. The minimum Gasteiger partial charge on any atom is -0.431 e. The molecule has 124 valence electrons. The molecule has 2 aromatic carbocycles. The molecule has 0 aliphatic heterocycles. The van der Waals surface area contributed by atoms with E-state index < -0.39 is 0 Å². The number of amides is 1. The van der Waals surface area contributed by atoms with Gasteiger partial charge in [-0.15, -0.1) is 11.3 Å². The maximum atomic E-state index is 12.3. The summed E-state index contributed by atoms with van der Waals surface area (Å²) in [4.78, 5) is 20.7. The Hall–Kier alpha value is -2.77. The monoisotopic (exact) mass is 367 g/mol. The van der Waals surface area contributed by atoms with E-state index in [0.717, 1.165) is 21.5 Å². The van der Waals surface area contributed by atoms with Crippen LogP contribution in [0.3, 0.4) is 0 Å². The lowest BCUT2D eigenvalue weighted by Gasteiger charge is -2.05. The third-order valence-corrected chi connectivity index (χ3v) is 5.16. The average Bonchev–Trinajstić information content (AvgIpc) is 3.30. The number of carbonyl (C=O) groups is 1. The first kappa shape index (κ1) is 15.7. The van der Waals surface area contributed by atoms with Gasteiger partial charge in [-0.05, 0) is 29.8 Å². The van der Waals surface area contributed by atoms with Crippen LogP contribution >= 0.6 is 22.7 Å². The largest absolute Gasteiger partial charge is 0.431 e. The molecule has 0 saturated heterocycles. The van der Waals surface area contributed by atoms with Crippen LogP contribution in [0.4, 0.5) is 0 Å². The lowest BCUT2D eigenvalue weighted by atomic mass is 10.2. The molecule has 7 heteroatoms. The predicted octanol–water partition coefficient (Wildman–Crippen LogP) is 4.48. The van der Waals surface area contributed by atoms with Crippen molar-refractivity contribution >= 4 is 38.8 Å². The molecule has 0 unspecified atom stereocenters. The Kier molecular flexibility index (Phi) is 4.41. The molecule has 1 N–H and O–H groups in total. The normalized spacial score (nSPS) is 10.7.